The normalized spacial score (nSPS) is 25.8. The molecule has 0 aromatic carbocycles. The lowest BCUT2D eigenvalue weighted by Gasteiger charge is -2.42. The van der Waals surface area contributed by atoms with Crippen molar-refractivity contribution in [2.75, 3.05) is 51.7 Å². The molecule has 26 heavy (non-hydrogen) atoms. The van der Waals surface area contributed by atoms with Crippen LogP contribution in [0.2, 0.25) is 0 Å². The highest BCUT2D eigenvalue weighted by Gasteiger charge is 2.34. The Labute approximate surface area is 154 Å². The molecule has 8 heteroatoms. The Bertz CT molecular complexity index is 683. The molecule has 0 radical (unpaired) electrons. The smallest absolute Gasteiger partial charge is 0.324 e. The molecule has 0 aliphatic carbocycles. The first kappa shape index (κ1) is 17.3. The third-order valence-corrected chi connectivity index (χ3v) is 6.02. The maximum Gasteiger partial charge on any atom is 0.324 e. The number of likely N-dealkylation sites (N-methyl/N-ethyl adjacent to an activating group) is 2. The average molecular weight is 360 g/mol. The van der Waals surface area contributed by atoms with Crippen molar-refractivity contribution in [2.24, 2.45) is 0 Å². The van der Waals surface area contributed by atoms with Crippen molar-refractivity contribution >= 4 is 17.6 Å². The monoisotopic (exact) mass is 360 g/mol. The molecule has 4 rings (SSSR count). The predicted octanol–water partition coefficient (Wildman–Crippen LogP) is 1.01. The molecule has 0 saturated carbocycles. The van der Waals surface area contributed by atoms with Crippen molar-refractivity contribution in [1.29, 1.82) is 0 Å². The summed E-state index contributed by atoms with van der Waals surface area (Å²) in [7, 11) is 3.77. The standard InChI is InChI=1S/C18H28N6O2/c1-20-7-8-23(18(20)26)15-9-19-24(13-15)16-11-22(12-16)10-14-5-3-4-6-17(25)21(14)2/h9,13-14,16H,3-8,10-12H2,1-2H3. The fraction of sp³-hybridized carbons (Fsp3) is 0.722. The Hall–Kier alpha value is -2.09. The van der Waals surface area contributed by atoms with Gasteiger partial charge in [0.05, 0.1) is 17.9 Å². The van der Waals surface area contributed by atoms with Crippen molar-refractivity contribution < 1.29 is 9.59 Å². The van der Waals surface area contributed by atoms with Crippen molar-refractivity contribution in [1.82, 2.24) is 24.5 Å². The summed E-state index contributed by atoms with van der Waals surface area (Å²) in [5, 5.41) is 4.48. The molecule has 1 aromatic heterocycles. The zero-order valence-electron chi connectivity index (χ0n) is 15.7. The van der Waals surface area contributed by atoms with Gasteiger partial charge in [0.25, 0.3) is 0 Å². The third kappa shape index (κ3) is 3.18. The van der Waals surface area contributed by atoms with Crippen LogP contribution in [0.5, 0.6) is 0 Å². The Morgan fingerprint density at radius 3 is 2.69 bits per heavy atom. The summed E-state index contributed by atoms with van der Waals surface area (Å²) in [6, 6.07) is 0.726. The molecule has 3 amide bonds. The van der Waals surface area contributed by atoms with Gasteiger partial charge < -0.3 is 9.80 Å². The van der Waals surface area contributed by atoms with E-state index < -0.39 is 0 Å². The van der Waals surface area contributed by atoms with E-state index in [2.05, 4.69) is 10.00 Å². The Balaban J connectivity index is 1.31. The number of urea groups is 1. The van der Waals surface area contributed by atoms with Gasteiger partial charge in [-0.15, -0.1) is 0 Å². The van der Waals surface area contributed by atoms with Gasteiger partial charge in [-0.05, 0) is 12.8 Å². The topological polar surface area (TPSA) is 64.9 Å². The van der Waals surface area contributed by atoms with Crippen LogP contribution in [0.15, 0.2) is 12.4 Å². The summed E-state index contributed by atoms with van der Waals surface area (Å²) >= 11 is 0. The fourth-order valence-electron chi connectivity index (χ4n) is 4.15. The Morgan fingerprint density at radius 2 is 1.96 bits per heavy atom. The van der Waals surface area contributed by atoms with E-state index in [9.17, 15) is 9.59 Å². The molecule has 3 saturated heterocycles. The van der Waals surface area contributed by atoms with Gasteiger partial charge in [0, 0.05) is 65.5 Å². The van der Waals surface area contributed by atoms with Crippen LogP contribution in [0.3, 0.4) is 0 Å². The van der Waals surface area contributed by atoms with Gasteiger partial charge in [0.2, 0.25) is 5.91 Å². The number of amides is 3. The van der Waals surface area contributed by atoms with E-state index in [1.165, 1.54) is 0 Å². The minimum Gasteiger partial charge on any atom is -0.341 e. The lowest BCUT2D eigenvalue weighted by Crippen LogP contribution is -2.53. The van der Waals surface area contributed by atoms with Gasteiger partial charge in [0.1, 0.15) is 0 Å². The zero-order valence-corrected chi connectivity index (χ0v) is 15.7. The highest BCUT2D eigenvalue weighted by molar-refractivity contribution is 5.93. The second-order valence-corrected chi connectivity index (χ2v) is 7.81. The van der Waals surface area contributed by atoms with Gasteiger partial charge in [-0.3, -0.25) is 19.3 Å². The molecule has 8 nitrogen and oxygen atoms in total. The largest absolute Gasteiger partial charge is 0.341 e. The van der Waals surface area contributed by atoms with Gasteiger partial charge in [-0.1, -0.05) is 6.42 Å². The number of hydrogen-bond acceptors (Lipinski definition) is 4. The van der Waals surface area contributed by atoms with E-state index in [4.69, 9.17) is 0 Å². The molecule has 3 aliphatic heterocycles. The summed E-state index contributed by atoms with van der Waals surface area (Å²) in [6.07, 6.45) is 7.72. The molecular formula is C18H28N6O2. The second kappa shape index (κ2) is 6.90. The number of likely N-dealkylation sites (tertiary alicyclic amines) is 2. The SMILES string of the molecule is CN1CCN(c2cnn(C3CN(CC4CCCCC(=O)N4C)C3)c2)C1=O. The van der Waals surface area contributed by atoms with Crippen molar-refractivity contribution in [3.05, 3.63) is 12.4 Å². The molecule has 1 aromatic rings. The van der Waals surface area contributed by atoms with E-state index in [-0.39, 0.29) is 11.9 Å². The van der Waals surface area contributed by atoms with Crippen LogP contribution in [0.1, 0.15) is 31.7 Å². The van der Waals surface area contributed by atoms with Crippen LogP contribution >= 0.6 is 0 Å². The number of carbonyl (C=O) groups excluding carboxylic acids is 2. The van der Waals surface area contributed by atoms with Crippen LogP contribution in [-0.2, 0) is 4.79 Å². The molecule has 0 spiro atoms. The average Bonchev–Trinajstić information content (AvgIpc) is 3.15. The maximum absolute atomic E-state index is 12.1. The molecular weight excluding hydrogens is 332 g/mol. The molecule has 4 heterocycles. The van der Waals surface area contributed by atoms with E-state index in [0.29, 0.717) is 18.5 Å². The molecule has 3 aliphatic rings. The third-order valence-electron chi connectivity index (χ3n) is 6.02. The molecule has 0 bridgehead atoms. The number of hydrogen-bond donors (Lipinski definition) is 0. The van der Waals surface area contributed by atoms with Crippen LogP contribution in [0.25, 0.3) is 0 Å². The van der Waals surface area contributed by atoms with Crippen molar-refractivity contribution in [3.63, 3.8) is 0 Å². The van der Waals surface area contributed by atoms with Crippen LogP contribution in [0.4, 0.5) is 10.5 Å². The second-order valence-electron chi connectivity index (χ2n) is 7.81. The van der Waals surface area contributed by atoms with Gasteiger partial charge in [-0.2, -0.15) is 5.10 Å². The Morgan fingerprint density at radius 1 is 1.15 bits per heavy atom. The lowest BCUT2D eigenvalue weighted by molar-refractivity contribution is -0.131. The summed E-state index contributed by atoms with van der Waals surface area (Å²) in [4.78, 5) is 32.0. The summed E-state index contributed by atoms with van der Waals surface area (Å²) in [5.41, 5.74) is 0.881. The quantitative estimate of drug-likeness (QED) is 0.804. The molecule has 3 fully saturated rings. The highest BCUT2D eigenvalue weighted by atomic mass is 16.2. The number of carbonyl (C=O) groups is 2. The van der Waals surface area contributed by atoms with Crippen molar-refractivity contribution in [3.8, 4) is 0 Å². The first-order chi connectivity index (χ1) is 12.5. The molecule has 142 valence electrons. The number of nitrogens with zero attached hydrogens (tertiary/aromatic N) is 6. The van der Waals surface area contributed by atoms with Crippen LogP contribution in [-0.4, -0.2) is 89.3 Å². The molecule has 1 atom stereocenters. The van der Waals surface area contributed by atoms with Gasteiger partial charge in [-0.25, -0.2) is 4.79 Å². The highest BCUT2D eigenvalue weighted by Crippen LogP contribution is 2.26. The maximum atomic E-state index is 12.1. The van der Waals surface area contributed by atoms with E-state index in [1.54, 1.807) is 16.0 Å². The van der Waals surface area contributed by atoms with Gasteiger partial charge >= 0.3 is 6.03 Å². The van der Waals surface area contributed by atoms with E-state index >= 15 is 0 Å². The van der Waals surface area contributed by atoms with E-state index in [1.807, 2.05) is 29.9 Å². The lowest BCUT2D eigenvalue weighted by atomic mass is 10.0. The first-order valence-corrected chi connectivity index (χ1v) is 9.57. The van der Waals surface area contributed by atoms with Crippen LogP contribution < -0.4 is 4.90 Å². The van der Waals surface area contributed by atoms with Crippen LogP contribution in [0, 0.1) is 0 Å². The first-order valence-electron chi connectivity index (χ1n) is 9.57. The van der Waals surface area contributed by atoms with E-state index in [0.717, 1.165) is 57.7 Å². The number of rotatable bonds is 4. The molecule has 0 N–H and O–H groups in total. The summed E-state index contributed by atoms with van der Waals surface area (Å²) in [5.74, 6) is 0.279. The number of anilines is 1. The summed E-state index contributed by atoms with van der Waals surface area (Å²) < 4.78 is 1.99. The Kier molecular flexibility index (Phi) is 4.60. The summed E-state index contributed by atoms with van der Waals surface area (Å²) in [6.45, 7) is 4.33. The van der Waals surface area contributed by atoms with Gasteiger partial charge in [0.15, 0.2) is 0 Å². The zero-order chi connectivity index (χ0) is 18.3. The molecule has 1 unspecified atom stereocenters. The minimum atomic E-state index is 0.0425. The fourth-order valence-corrected chi connectivity index (χ4v) is 4.15. The predicted molar refractivity (Wildman–Crippen MR) is 98.1 cm³/mol. The minimum absolute atomic E-state index is 0.0425. The van der Waals surface area contributed by atoms with Crippen molar-refractivity contribution in [2.45, 2.75) is 37.8 Å². The number of aromatic nitrogens is 2.